The normalized spacial score (nSPS) is 14.9. The SMILES string of the molecule is CCC.CN(C(=O)CCc1ccccc1)C(c1ccccc1)N1CCCC1. The first kappa shape index (κ1) is 21.2. The van der Waals surface area contributed by atoms with Crippen LogP contribution in [0.1, 0.15) is 56.8 Å². The number of rotatable bonds is 6. The van der Waals surface area contributed by atoms with Crippen LogP contribution in [0.3, 0.4) is 0 Å². The van der Waals surface area contributed by atoms with Crippen LogP contribution in [0.25, 0.3) is 0 Å². The average molecular weight is 367 g/mol. The summed E-state index contributed by atoms with van der Waals surface area (Å²) in [6.45, 7) is 6.38. The van der Waals surface area contributed by atoms with Crippen molar-refractivity contribution in [2.45, 2.75) is 52.1 Å². The molecule has 146 valence electrons. The Hall–Kier alpha value is -2.13. The van der Waals surface area contributed by atoms with Crippen LogP contribution < -0.4 is 0 Å². The third kappa shape index (κ3) is 6.51. The van der Waals surface area contributed by atoms with Crippen molar-refractivity contribution in [2.24, 2.45) is 0 Å². The summed E-state index contributed by atoms with van der Waals surface area (Å²) in [5.74, 6) is 0.208. The van der Waals surface area contributed by atoms with E-state index in [9.17, 15) is 4.79 Å². The van der Waals surface area contributed by atoms with Crippen LogP contribution in [-0.2, 0) is 11.2 Å². The van der Waals surface area contributed by atoms with E-state index in [0.717, 1.165) is 19.5 Å². The summed E-state index contributed by atoms with van der Waals surface area (Å²) in [6.07, 6.45) is 5.09. The number of benzene rings is 2. The van der Waals surface area contributed by atoms with Gasteiger partial charge < -0.3 is 4.90 Å². The summed E-state index contributed by atoms with van der Waals surface area (Å²) in [4.78, 5) is 17.1. The maximum absolute atomic E-state index is 12.8. The van der Waals surface area contributed by atoms with Gasteiger partial charge in [0.15, 0.2) is 0 Å². The predicted octanol–water partition coefficient (Wildman–Crippen LogP) is 5.29. The van der Waals surface area contributed by atoms with Crippen molar-refractivity contribution in [3.8, 4) is 0 Å². The van der Waals surface area contributed by atoms with Crippen LogP contribution in [0, 0.1) is 0 Å². The van der Waals surface area contributed by atoms with Crippen molar-refractivity contribution >= 4 is 5.91 Å². The van der Waals surface area contributed by atoms with Gasteiger partial charge in [0.25, 0.3) is 0 Å². The lowest BCUT2D eigenvalue weighted by molar-refractivity contribution is -0.135. The number of hydrogen-bond acceptors (Lipinski definition) is 2. The number of amides is 1. The summed E-state index contributed by atoms with van der Waals surface area (Å²) >= 11 is 0. The Morgan fingerprint density at radius 2 is 1.48 bits per heavy atom. The topological polar surface area (TPSA) is 23.6 Å². The number of aryl methyl sites for hydroxylation is 1. The lowest BCUT2D eigenvalue weighted by Gasteiger charge is -2.36. The molecular weight excluding hydrogens is 332 g/mol. The van der Waals surface area contributed by atoms with Gasteiger partial charge in [-0.15, -0.1) is 0 Å². The number of likely N-dealkylation sites (tertiary alicyclic amines) is 1. The molecule has 3 nitrogen and oxygen atoms in total. The maximum atomic E-state index is 12.8. The Kier molecular flexibility index (Phi) is 9.06. The van der Waals surface area contributed by atoms with E-state index in [-0.39, 0.29) is 12.1 Å². The first-order chi connectivity index (χ1) is 13.2. The number of nitrogens with zero attached hydrogens (tertiary/aromatic N) is 2. The smallest absolute Gasteiger partial charge is 0.224 e. The molecule has 1 aliphatic heterocycles. The van der Waals surface area contributed by atoms with Crippen molar-refractivity contribution in [3.05, 3.63) is 71.8 Å². The molecule has 1 fully saturated rings. The Morgan fingerprint density at radius 3 is 2.04 bits per heavy atom. The molecule has 1 amide bonds. The second kappa shape index (κ2) is 11.6. The van der Waals surface area contributed by atoms with Crippen molar-refractivity contribution < 1.29 is 4.79 Å². The zero-order chi connectivity index (χ0) is 19.5. The monoisotopic (exact) mass is 366 g/mol. The molecule has 2 aromatic rings. The zero-order valence-electron chi connectivity index (χ0n) is 17.1. The van der Waals surface area contributed by atoms with Gasteiger partial charge in [-0.2, -0.15) is 0 Å². The summed E-state index contributed by atoms with van der Waals surface area (Å²) < 4.78 is 0. The largest absolute Gasteiger partial charge is 0.326 e. The Bertz CT molecular complexity index is 651. The van der Waals surface area contributed by atoms with E-state index >= 15 is 0 Å². The highest BCUT2D eigenvalue weighted by molar-refractivity contribution is 5.76. The van der Waals surface area contributed by atoms with Crippen LogP contribution >= 0.6 is 0 Å². The summed E-state index contributed by atoms with van der Waals surface area (Å²) in [7, 11) is 1.95. The van der Waals surface area contributed by atoms with Gasteiger partial charge in [-0.1, -0.05) is 80.9 Å². The van der Waals surface area contributed by atoms with Gasteiger partial charge in [0.1, 0.15) is 6.17 Å². The number of hydrogen-bond donors (Lipinski definition) is 0. The van der Waals surface area contributed by atoms with Gasteiger partial charge in [0, 0.05) is 26.6 Å². The van der Waals surface area contributed by atoms with Crippen molar-refractivity contribution in [2.75, 3.05) is 20.1 Å². The molecular formula is C24H34N2O. The Labute approximate surface area is 165 Å². The van der Waals surface area contributed by atoms with Gasteiger partial charge >= 0.3 is 0 Å². The maximum Gasteiger partial charge on any atom is 0.224 e. The molecule has 3 rings (SSSR count). The van der Waals surface area contributed by atoms with E-state index in [2.05, 4.69) is 55.1 Å². The summed E-state index contributed by atoms with van der Waals surface area (Å²) in [5, 5.41) is 0. The van der Waals surface area contributed by atoms with Gasteiger partial charge in [0.2, 0.25) is 5.91 Å². The highest BCUT2D eigenvalue weighted by Gasteiger charge is 2.29. The molecule has 1 atom stereocenters. The third-order valence-corrected chi connectivity index (χ3v) is 4.81. The highest BCUT2D eigenvalue weighted by Crippen LogP contribution is 2.28. The molecule has 0 spiro atoms. The van der Waals surface area contributed by atoms with E-state index in [0.29, 0.717) is 6.42 Å². The number of carbonyl (C=O) groups excluding carboxylic acids is 1. The fourth-order valence-electron chi connectivity index (χ4n) is 3.50. The van der Waals surface area contributed by atoms with Crippen LogP contribution in [0.5, 0.6) is 0 Å². The first-order valence-electron chi connectivity index (χ1n) is 10.3. The quantitative estimate of drug-likeness (QED) is 0.693. The molecule has 0 aliphatic carbocycles. The molecule has 27 heavy (non-hydrogen) atoms. The van der Waals surface area contributed by atoms with Crippen molar-refractivity contribution in [1.82, 2.24) is 9.80 Å². The van der Waals surface area contributed by atoms with Crippen LogP contribution in [0.2, 0.25) is 0 Å². The van der Waals surface area contributed by atoms with Crippen molar-refractivity contribution in [1.29, 1.82) is 0 Å². The minimum atomic E-state index is 0.0528. The molecule has 1 heterocycles. The highest BCUT2D eigenvalue weighted by atomic mass is 16.2. The molecule has 0 radical (unpaired) electrons. The molecule has 2 aromatic carbocycles. The van der Waals surface area contributed by atoms with Crippen LogP contribution in [0.15, 0.2) is 60.7 Å². The average Bonchev–Trinajstić information content (AvgIpc) is 3.23. The molecule has 0 aromatic heterocycles. The summed E-state index contributed by atoms with van der Waals surface area (Å²) in [5.41, 5.74) is 2.42. The van der Waals surface area contributed by atoms with E-state index < -0.39 is 0 Å². The molecule has 3 heteroatoms. The van der Waals surface area contributed by atoms with Gasteiger partial charge in [-0.05, 0) is 30.4 Å². The standard InChI is InChI=1S/C21H26N2O.C3H8/c1-22(20(24)15-14-18-10-4-2-5-11-18)21(23-16-8-9-17-23)19-12-6-3-7-13-19;1-3-2/h2-7,10-13,21H,8-9,14-17H2,1H3;3H2,1-2H3. The van der Waals surface area contributed by atoms with E-state index in [1.807, 2.05) is 36.2 Å². The predicted molar refractivity (Wildman–Crippen MR) is 113 cm³/mol. The van der Waals surface area contributed by atoms with Crippen LogP contribution in [-0.4, -0.2) is 35.8 Å². The van der Waals surface area contributed by atoms with Crippen molar-refractivity contribution in [3.63, 3.8) is 0 Å². The second-order valence-electron chi connectivity index (χ2n) is 7.22. The lowest BCUT2D eigenvalue weighted by atomic mass is 10.1. The first-order valence-corrected chi connectivity index (χ1v) is 10.3. The molecule has 0 bridgehead atoms. The van der Waals surface area contributed by atoms with E-state index in [1.165, 1.54) is 30.4 Å². The summed E-state index contributed by atoms with van der Waals surface area (Å²) in [6, 6.07) is 20.6. The van der Waals surface area contributed by atoms with Gasteiger partial charge in [0.05, 0.1) is 0 Å². The fourth-order valence-corrected chi connectivity index (χ4v) is 3.50. The molecule has 1 aliphatic rings. The molecule has 0 N–H and O–H groups in total. The fraction of sp³-hybridized carbons (Fsp3) is 0.458. The van der Waals surface area contributed by atoms with E-state index in [1.54, 1.807) is 0 Å². The molecule has 1 unspecified atom stereocenters. The van der Waals surface area contributed by atoms with E-state index in [4.69, 9.17) is 0 Å². The van der Waals surface area contributed by atoms with Gasteiger partial charge in [-0.3, -0.25) is 9.69 Å². The Morgan fingerprint density at radius 1 is 0.963 bits per heavy atom. The van der Waals surface area contributed by atoms with Crippen LogP contribution in [0.4, 0.5) is 0 Å². The zero-order valence-corrected chi connectivity index (χ0v) is 17.1. The second-order valence-corrected chi connectivity index (χ2v) is 7.22. The minimum Gasteiger partial charge on any atom is -0.326 e. The molecule has 0 saturated carbocycles. The number of carbonyl (C=O) groups is 1. The lowest BCUT2D eigenvalue weighted by Crippen LogP contribution is -2.41. The third-order valence-electron chi connectivity index (χ3n) is 4.81. The Balaban J connectivity index is 0.000000817. The van der Waals surface area contributed by atoms with Gasteiger partial charge in [-0.25, -0.2) is 0 Å². The molecule has 1 saturated heterocycles. The minimum absolute atomic E-state index is 0.0528.